The molecule has 0 spiro atoms. The normalized spacial score (nSPS) is 11.1. The third-order valence-electron chi connectivity index (χ3n) is 4.75. The van der Waals surface area contributed by atoms with E-state index in [0.29, 0.717) is 0 Å². The van der Waals surface area contributed by atoms with E-state index in [1.807, 2.05) is 30.6 Å². The third-order valence-corrected chi connectivity index (χ3v) is 4.75. The topological polar surface area (TPSA) is 25.8 Å². The van der Waals surface area contributed by atoms with Gasteiger partial charge in [-0.1, -0.05) is 66.7 Å². The van der Waals surface area contributed by atoms with E-state index in [-0.39, 0.29) is 0 Å². The Morgan fingerprint density at radius 1 is 0.500 bits per heavy atom. The van der Waals surface area contributed by atoms with E-state index < -0.39 is 0 Å². The van der Waals surface area contributed by atoms with Gasteiger partial charge in [0, 0.05) is 23.2 Å². The number of aromatic nitrogens is 2. The summed E-state index contributed by atoms with van der Waals surface area (Å²) in [5, 5.41) is 2.26. The van der Waals surface area contributed by atoms with Crippen LogP contribution in [-0.2, 0) is 0 Å². The van der Waals surface area contributed by atoms with Crippen molar-refractivity contribution in [3.8, 4) is 22.3 Å². The quantitative estimate of drug-likeness (QED) is 0.364. The van der Waals surface area contributed by atoms with Gasteiger partial charge in [0.05, 0.1) is 11.0 Å². The maximum Gasteiger partial charge on any atom is 0.0977 e. The van der Waals surface area contributed by atoms with Crippen LogP contribution in [0.4, 0.5) is 0 Å². The molecule has 0 saturated carbocycles. The molecular weight excluding hydrogens is 316 g/mol. The lowest BCUT2D eigenvalue weighted by atomic mass is 9.92. The van der Waals surface area contributed by atoms with Gasteiger partial charge >= 0.3 is 0 Å². The molecule has 2 heteroatoms. The lowest BCUT2D eigenvalue weighted by Gasteiger charge is -2.14. The van der Waals surface area contributed by atoms with Crippen molar-refractivity contribution < 1.29 is 0 Å². The minimum absolute atomic E-state index is 0.944. The van der Waals surface area contributed by atoms with Crippen LogP contribution in [0.3, 0.4) is 0 Å². The Morgan fingerprint density at radius 2 is 1.15 bits per heavy atom. The molecule has 2 nitrogen and oxygen atoms in total. The second-order valence-electron chi connectivity index (χ2n) is 6.31. The van der Waals surface area contributed by atoms with Crippen molar-refractivity contribution in [3.63, 3.8) is 0 Å². The molecule has 0 N–H and O–H groups in total. The molecule has 0 saturated heterocycles. The highest BCUT2D eigenvalue weighted by atomic mass is 14.7. The van der Waals surface area contributed by atoms with Crippen LogP contribution in [0.15, 0.2) is 97.3 Å². The summed E-state index contributed by atoms with van der Waals surface area (Å²) in [6, 6.07) is 29.4. The molecule has 0 aliphatic rings. The predicted molar refractivity (Wildman–Crippen MR) is 108 cm³/mol. The SMILES string of the molecule is c1ccc(-c2ccnc3c2c(-c2ccccc2)cc2cccnc23)cc1. The largest absolute Gasteiger partial charge is 0.254 e. The van der Waals surface area contributed by atoms with Crippen LogP contribution < -0.4 is 0 Å². The molecular formula is C24H16N2. The molecule has 26 heavy (non-hydrogen) atoms. The van der Waals surface area contributed by atoms with E-state index in [2.05, 4.69) is 71.7 Å². The first-order valence-electron chi connectivity index (χ1n) is 8.69. The molecule has 0 aliphatic carbocycles. The van der Waals surface area contributed by atoms with E-state index in [1.165, 1.54) is 22.3 Å². The Morgan fingerprint density at radius 3 is 1.88 bits per heavy atom. The molecule has 122 valence electrons. The van der Waals surface area contributed by atoms with E-state index in [9.17, 15) is 0 Å². The first-order valence-corrected chi connectivity index (χ1v) is 8.69. The van der Waals surface area contributed by atoms with Gasteiger partial charge in [0.1, 0.15) is 0 Å². The fourth-order valence-electron chi connectivity index (χ4n) is 3.58. The molecule has 0 radical (unpaired) electrons. The minimum atomic E-state index is 0.944. The monoisotopic (exact) mass is 332 g/mol. The Hall–Kier alpha value is -3.52. The lowest BCUT2D eigenvalue weighted by molar-refractivity contribution is 1.37. The molecule has 0 atom stereocenters. The van der Waals surface area contributed by atoms with Gasteiger partial charge in [0.25, 0.3) is 0 Å². The van der Waals surface area contributed by atoms with E-state index in [4.69, 9.17) is 4.98 Å². The molecule has 2 heterocycles. The van der Waals surface area contributed by atoms with Crippen LogP contribution in [0.2, 0.25) is 0 Å². The number of hydrogen-bond acceptors (Lipinski definition) is 2. The van der Waals surface area contributed by atoms with E-state index >= 15 is 0 Å². The van der Waals surface area contributed by atoms with Crippen molar-refractivity contribution in [1.82, 2.24) is 9.97 Å². The summed E-state index contributed by atoms with van der Waals surface area (Å²) in [7, 11) is 0. The van der Waals surface area contributed by atoms with Gasteiger partial charge in [0.2, 0.25) is 0 Å². The zero-order valence-corrected chi connectivity index (χ0v) is 14.1. The minimum Gasteiger partial charge on any atom is -0.254 e. The number of nitrogens with zero attached hydrogens (tertiary/aromatic N) is 2. The number of pyridine rings is 2. The average Bonchev–Trinajstić information content (AvgIpc) is 2.74. The Balaban J connectivity index is 1.98. The summed E-state index contributed by atoms with van der Waals surface area (Å²) < 4.78 is 0. The van der Waals surface area contributed by atoms with Crippen molar-refractivity contribution >= 4 is 21.8 Å². The number of rotatable bonds is 2. The summed E-state index contributed by atoms with van der Waals surface area (Å²) in [5.74, 6) is 0. The third kappa shape index (κ3) is 2.35. The first-order chi connectivity index (χ1) is 12.9. The summed E-state index contributed by atoms with van der Waals surface area (Å²) >= 11 is 0. The van der Waals surface area contributed by atoms with Gasteiger partial charge in [0.15, 0.2) is 0 Å². The Labute approximate surface area is 151 Å². The van der Waals surface area contributed by atoms with E-state index in [1.54, 1.807) is 0 Å². The molecule has 0 aliphatic heterocycles. The van der Waals surface area contributed by atoms with Crippen LogP contribution in [-0.4, -0.2) is 9.97 Å². The molecule has 5 rings (SSSR count). The van der Waals surface area contributed by atoms with Gasteiger partial charge in [-0.15, -0.1) is 0 Å². The van der Waals surface area contributed by atoms with Crippen LogP contribution in [0.1, 0.15) is 0 Å². The first kappa shape index (κ1) is 14.8. The zero-order valence-electron chi connectivity index (χ0n) is 14.1. The smallest absolute Gasteiger partial charge is 0.0977 e. The van der Waals surface area contributed by atoms with Gasteiger partial charge in [-0.05, 0) is 40.5 Å². The highest BCUT2D eigenvalue weighted by Gasteiger charge is 2.14. The fourth-order valence-corrected chi connectivity index (χ4v) is 3.58. The second kappa shape index (κ2) is 6.08. The number of benzene rings is 3. The van der Waals surface area contributed by atoms with Crippen molar-refractivity contribution in [2.45, 2.75) is 0 Å². The Bertz CT molecular complexity index is 1210. The van der Waals surface area contributed by atoms with Crippen LogP contribution in [0, 0.1) is 0 Å². The molecule has 2 aromatic heterocycles. The standard InChI is InChI=1S/C24H16N2/c1-3-8-17(9-4-1)20-13-15-26-24-22(20)21(18-10-5-2-6-11-18)16-19-12-7-14-25-23(19)24/h1-16H. The summed E-state index contributed by atoms with van der Waals surface area (Å²) in [6.07, 6.45) is 3.72. The predicted octanol–water partition coefficient (Wildman–Crippen LogP) is 6.12. The highest BCUT2D eigenvalue weighted by Crippen LogP contribution is 2.38. The highest BCUT2D eigenvalue weighted by molar-refractivity contribution is 6.15. The van der Waals surface area contributed by atoms with Crippen molar-refractivity contribution in [1.29, 1.82) is 0 Å². The maximum atomic E-state index is 4.72. The van der Waals surface area contributed by atoms with Crippen molar-refractivity contribution in [2.75, 3.05) is 0 Å². The summed E-state index contributed by atoms with van der Waals surface area (Å²) in [5.41, 5.74) is 6.64. The average molecular weight is 332 g/mol. The molecule has 0 unspecified atom stereocenters. The zero-order chi connectivity index (χ0) is 17.3. The van der Waals surface area contributed by atoms with Crippen LogP contribution in [0.25, 0.3) is 44.1 Å². The molecule has 5 aromatic rings. The van der Waals surface area contributed by atoms with Gasteiger partial charge in [-0.3, -0.25) is 9.97 Å². The molecule has 0 bridgehead atoms. The number of hydrogen-bond donors (Lipinski definition) is 0. The van der Waals surface area contributed by atoms with Crippen molar-refractivity contribution in [3.05, 3.63) is 97.3 Å². The second-order valence-corrected chi connectivity index (χ2v) is 6.31. The van der Waals surface area contributed by atoms with E-state index in [0.717, 1.165) is 21.8 Å². The Kier molecular flexibility index (Phi) is 3.46. The van der Waals surface area contributed by atoms with Crippen LogP contribution in [0.5, 0.6) is 0 Å². The van der Waals surface area contributed by atoms with Gasteiger partial charge in [-0.25, -0.2) is 0 Å². The maximum absolute atomic E-state index is 4.72. The van der Waals surface area contributed by atoms with Crippen molar-refractivity contribution in [2.24, 2.45) is 0 Å². The summed E-state index contributed by atoms with van der Waals surface area (Å²) in [4.78, 5) is 9.34. The molecule has 3 aromatic carbocycles. The van der Waals surface area contributed by atoms with Gasteiger partial charge in [-0.2, -0.15) is 0 Å². The summed E-state index contributed by atoms with van der Waals surface area (Å²) in [6.45, 7) is 0. The number of fused-ring (bicyclic) bond motifs is 3. The molecule has 0 amide bonds. The fraction of sp³-hybridized carbons (Fsp3) is 0. The lowest BCUT2D eigenvalue weighted by Crippen LogP contribution is -1.92. The molecule has 0 fully saturated rings. The van der Waals surface area contributed by atoms with Crippen LogP contribution >= 0.6 is 0 Å². The van der Waals surface area contributed by atoms with Gasteiger partial charge < -0.3 is 0 Å².